The summed E-state index contributed by atoms with van der Waals surface area (Å²) in [5.41, 5.74) is 9.11. The van der Waals surface area contributed by atoms with E-state index in [2.05, 4.69) is 15.0 Å². The standard InChI is InChI=1S/C12H9N3.C9H10O.C8H8O.C7H12N2O2.C5H6N2.5C2H6.3CH3.6Y/c1-2-7-15-9-11(14-12(15)5-1)10-4-3-6-13-8-10;1-2-9(10)8-6-4-3-5-7-8;1-7(9)8-5-3-2-4-6-8;1-7(2)5(10)8(3)6(11)9(7)4;6-5-3-1-2-4-7-5;5*1-2;;;;;;;;;/h1-9H;3-7H,2H2,1H3;2-6H,1H3;1-4H3;1-4H,(H2,6,7);5*1-2H3;3*1H3;;;;;;/q;;;;;;;;;;3*-1;;;;;;. The summed E-state index contributed by atoms with van der Waals surface area (Å²) < 4.78 is 2.00. The molecule has 0 atom stereocenters. The number of amides is 3. The van der Waals surface area contributed by atoms with Gasteiger partial charge in [-0.15, -0.1) is 0 Å². The van der Waals surface area contributed by atoms with Gasteiger partial charge in [0, 0.05) is 264 Å². The number of fused-ring (bicyclic) bond motifs is 1. The van der Waals surface area contributed by atoms with Crippen molar-refractivity contribution in [3.63, 3.8) is 0 Å². The number of urea groups is 1. The molecule has 0 unspecified atom stereocenters. The molecule has 1 aliphatic rings. The fourth-order valence-electron chi connectivity index (χ4n) is 4.57. The predicted molar refractivity (Wildman–Crippen MR) is 281 cm³/mol. The summed E-state index contributed by atoms with van der Waals surface area (Å²) >= 11 is 0. The average Bonchev–Trinajstić information content (AvgIpc) is 3.84. The smallest absolute Gasteiger partial charge is 0.327 e. The van der Waals surface area contributed by atoms with Crippen LogP contribution in [0.3, 0.4) is 0 Å². The normalized spacial score (nSPS) is 9.58. The molecule has 17 heteroatoms. The van der Waals surface area contributed by atoms with E-state index in [1.807, 2.05) is 202 Å². The zero-order chi connectivity index (χ0) is 48.1. The van der Waals surface area contributed by atoms with Crippen LogP contribution >= 0.6 is 0 Å². The Morgan fingerprint density at radius 1 is 0.606 bits per heavy atom. The molecular weight excluding hydrogens is 1340 g/mol. The SMILES string of the molecule is CC.CC.CC.CC.CC.CC(=O)c1ccccc1.CCC(=O)c1ccccc1.CN1C(=O)N(C)C(C)(C)C1=O.Nc1ccccn1.[CH3-].[CH3-].[CH3-].[Y].[Y].[Y].[Y].[Y].[Y].c1cncc(-c2cn3ccccc3n2)c1. The van der Waals surface area contributed by atoms with E-state index in [9.17, 15) is 19.2 Å². The zero-order valence-corrected chi connectivity index (χ0v) is 63.9. The van der Waals surface area contributed by atoms with Crippen molar-refractivity contribution in [2.45, 2.75) is 109 Å². The number of hydrogen-bond donors (Lipinski definition) is 1. The number of carbonyl (C=O) groups excluding carboxylic acids is 4. The molecule has 1 fully saturated rings. The summed E-state index contributed by atoms with van der Waals surface area (Å²) in [6, 6.07) is 33.6. The fourth-order valence-corrected chi connectivity index (χ4v) is 4.57. The minimum Gasteiger partial charge on any atom is -0.384 e. The molecule has 0 aliphatic carbocycles. The fraction of sp³-hybridized carbons (Fsp3) is 0.333. The van der Waals surface area contributed by atoms with E-state index in [-0.39, 0.29) is 242 Å². The Morgan fingerprint density at radius 2 is 1.06 bits per heavy atom. The first-order valence-electron chi connectivity index (χ1n) is 21.6. The molecule has 4 aromatic heterocycles. The van der Waals surface area contributed by atoms with Crippen molar-refractivity contribution in [2.75, 3.05) is 19.8 Å². The van der Waals surface area contributed by atoms with E-state index in [0.29, 0.717) is 12.2 Å². The van der Waals surface area contributed by atoms with Crippen LogP contribution in [0.1, 0.15) is 124 Å². The van der Waals surface area contributed by atoms with Crippen molar-refractivity contribution in [2.24, 2.45) is 0 Å². The van der Waals surface area contributed by atoms with E-state index < -0.39 is 5.54 Å². The van der Waals surface area contributed by atoms with Gasteiger partial charge in [0.05, 0.1) is 5.69 Å². The number of imidazole rings is 1. The summed E-state index contributed by atoms with van der Waals surface area (Å²) in [5, 5.41) is 0. The largest absolute Gasteiger partial charge is 0.384 e. The summed E-state index contributed by atoms with van der Waals surface area (Å²) in [5.74, 6) is 0.753. The monoisotopic (exact) mass is 1430 g/mol. The summed E-state index contributed by atoms with van der Waals surface area (Å²) in [6.07, 6.45) is 9.83. The molecule has 5 heterocycles. The number of likely N-dealkylation sites (N-methyl/N-ethyl adjacent to an activating group) is 2. The quantitative estimate of drug-likeness (QED) is 0.104. The molecule has 1 aliphatic heterocycles. The van der Waals surface area contributed by atoms with Crippen LogP contribution in [0, 0.1) is 22.3 Å². The van der Waals surface area contributed by atoms with Crippen molar-refractivity contribution in [3.05, 3.63) is 174 Å². The van der Waals surface area contributed by atoms with Crippen LogP contribution in [0.15, 0.2) is 140 Å². The number of benzene rings is 2. The van der Waals surface area contributed by atoms with Gasteiger partial charge in [0.15, 0.2) is 11.6 Å². The van der Waals surface area contributed by atoms with Crippen molar-refractivity contribution >= 4 is 35.0 Å². The number of ketones is 2. The Balaban J connectivity index is -0.0000000577. The third-order valence-corrected chi connectivity index (χ3v) is 7.85. The second-order valence-electron chi connectivity index (χ2n) is 11.9. The molecule has 380 valence electrons. The Morgan fingerprint density at radius 3 is 1.35 bits per heavy atom. The number of pyridine rings is 3. The minimum atomic E-state index is -0.675. The molecule has 6 aromatic rings. The first-order valence-corrected chi connectivity index (χ1v) is 21.6. The van der Waals surface area contributed by atoms with Crippen LogP contribution in [-0.2, 0) is 201 Å². The predicted octanol–water partition coefficient (Wildman–Crippen LogP) is 14.0. The van der Waals surface area contributed by atoms with Gasteiger partial charge in [-0.05, 0) is 57.2 Å². The van der Waals surface area contributed by atoms with Gasteiger partial charge in [0.2, 0.25) is 0 Å². The Kier molecular flexibility index (Phi) is 90.8. The molecule has 0 bridgehead atoms. The molecule has 0 spiro atoms. The number of aromatic nitrogens is 4. The molecule has 11 nitrogen and oxygen atoms in total. The second kappa shape index (κ2) is 64.4. The van der Waals surface area contributed by atoms with Gasteiger partial charge < -0.3 is 37.3 Å². The second-order valence-corrected chi connectivity index (χ2v) is 11.9. The molecular formula is C54H84N7O4Y6-3. The molecule has 2 aromatic carbocycles. The first kappa shape index (κ1) is 100. The summed E-state index contributed by atoms with van der Waals surface area (Å²) in [4.78, 5) is 59.1. The minimum absolute atomic E-state index is 0. The third-order valence-electron chi connectivity index (χ3n) is 7.85. The van der Waals surface area contributed by atoms with E-state index >= 15 is 0 Å². The van der Waals surface area contributed by atoms with Gasteiger partial charge >= 0.3 is 6.03 Å². The van der Waals surface area contributed by atoms with Crippen LogP contribution in [0.2, 0.25) is 0 Å². The maximum atomic E-state index is 11.3. The van der Waals surface area contributed by atoms with Crippen LogP contribution < -0.4 is 5.73 Å². The number of hydrogen-bond acceptors (Lipinski definition) is 8. The van der Waals surface area contributed by atoms with E-state index in [0.717, 1.165) is 32.9 Å². The van der Waals surface area contributed by atoms with Crippen molar-refractivity contribution in [3.8, 4) is 11.3 Å². The van der Waals surface area contributed by atoms with Crippen molar-refractivity contribution in [1.29, 1.82) is 0 Å². The number of imide groups is 1. The van der Waals surface area contributed by atoms with Crippen molar-refractivity contribution < 1.29 is 215 Å². The number of rotatable bonds is 4. The van der Waals surface area contributed by atoms with Gasteiger partial charge in [-0.25, -0.2) is 14.8 Å². The van der Waals surface area contributed by atoms with E-state index in [1.54, 1.807) is 46.3 Å². The topological polar surface area (TPSA) is 144 Å². The molecule has 71 heavy (non-hydrogen) atoms. The van der Waals surface area contributed by atoms with Crippen LogP contribution in [-0.4, -0.2) is 72.3 Å². The maximum Gasteiger partial charge on any atom is 0.327 e. The zero-order valence-electron chi connectivity index (χ0n) is 46.8. The van der Waals surface area contributed by atoms with Gasteiger partial charge in [-0.2, -0.15) is 0 Å². The Labute approximate surface area is 583 Å². The van der Waals surface area contributed by atoms with Crippen LogP contribution in [0.25, 0.3) is 16.9 Å². The van der Waals surface area contributed by atoms with Crippen molar-refractivity contribution in [1.82, 2.24) is 29.2 Å². The molecule has 2 N–H and O–H groups in total. The van der Waals surface area contributed by atoms with Crippen LogP contribution in [0.5, 0.6) is 0 Å². The molecule has 1 saturated heterocycles. The molecule has 6 radical (unpaired) electrons. The molecule has 7 rings (SSSR count). The molecule has 3 amide bonds. The van der Waals surface area contributed by atoms with E-state index in [1.165, 1.54) is 11.9 Å². The van der Waals surface area contributed by atoms with Gasteiger partial charge in [0.1, 0.15) is 17.0 Å². The Bertz CT molecular complexity index is 2020. The first-order chi connectivity index (χ1) is 29.9. The van der Waals surface area contributed by atoms with Gasteiger partial charge in [0.25, 0.3) is 5.91 Å². The number of carbonyl (C=O) groups is 4. The van der Waals surface area contributed by atoms with E-state index in [4.69, 9.17) is 5.73 Å². The number of nitrogens with zero attached hydrogens (tertiary/aromatic N) is 6. The number of nitrogen functional groups attached to an aromatic ring is 1. The number of Topliss-reactive ketones (excluding diaryl/α,β-unsaturated/α-hetero) is 2. The summed E-state index contributed by atoms with van der Waals surface area (Å²) in [7, 11) is 3.12. The van der Waals surface area contributed by atoms with Crippen LogP contribution in [0.4, 0.5) is 10.6 Å². The number of nitrogens with two attached hydrogens (primary N) is 1. The van der Waals surface area contributed by atoms with Gasteiger partial charge in [-0.1, -0.05) is 149 Å². The Hall–Kier alpha value is 0.133. The summed E-state index contributed by atoms with van der Waals surface area (Å²) in [6.45, 7) is 26.9. The third kappa shape index (κ3) is 41.0. The average molecular weight is 1430 g/mol. The maximum absolute atomic E-state index is 11.3. The van der Waals surface area contributed by atoms with Gasteiger partial charge in [-0.3, -0.25) is 24.3 Å². The molecule has 0 saturated carbocycles. The number of anilines is 1.